The Morgan fingerprint density at radius 3 is 3.00 bits per heavy atom. The van der Waals surface area contributed by atoms with E-state index in [1.165, 1.54) is 25.7 Å². The van der Waals surface area contributed by atoms with Crippen molar-refractivity contribution in [3.05, 3.63) is 41.8 Å². The van der Waals surface area contributed by atoms with E-state index < -0.39 is 0 Å². The van der Waals surface area contributed by atoms with Gasteiger partial charge in [-0.05, 0) is 36.8 Å². The lowest BCUT2D eigenvalue weighted by Crippen LogP contribution is -2.30. The van der Waals surface area contributed by atoms with E-state index in [1.54, 1.807) is 6.20 Å². The average Bonchev–Trinajstić information content (AvgIpc) is 3.14. The maximum Gasteiger partial charge on any atom is 0.243 e. The van der Waals surface area contributed by atoms with Gasteiger partial charge in [-0.2, -0.15) is 4.98 Å². The molecule has 1 aliphatic heterocycles. The van der Waals surface area contributed by atoms with Crippen molar-refractivity contribution in [3.8, 4) is 0 Å². The van der Waals surface area contributed by atoms with E-state index in [4.69, 9.17) is 4.52 Å². The summed E-state index contributed by atoms with van der Waals surface area (Å²) < 4.78 is 5.48. The molecule has 3 heterocycles. The third-order valence-electron chi connectivity index (χ3n) is 4.73. The summed E-state index contributed by atoms with van der Waals surface area (Å²) in [6, 6.07) is 4.86. The fourth-order valence-corrected chi connectivity index (χ4v) is 3.68. The first kappa shape index (κ1) is 15.4. The lowest BCUT2D eigenvalue weighted by molar-refractivity contribution is 0.324. The summed E-state index contributed by atoms with van der Waals surface area (Å²) >= 11 is 0. The van der Waals surface area contributed by atoms with E-state index in [-0.39, 0.29) is 18.4 Å². The first-order chi connectivity index (χ1) is 10.4. The molecule has 0 spiro atoms. The van der Waals surface area contributed by atoms with E-state index in [0.717, 1.165) is 29.6 Å². The molecule has 0 radical (unpaired) electrons. The summed E-state index contributed by atoms with van der Waals surface area (Å²) in [5.41, 5.74) is 1.11. The van der Waals surface area contributed by atoms with Gasteiger partial charge in [0.2, 0.25) is 5.89 Å². The van der Waals surface area contributed by atoms with Crippen LogP contribution in [0.5, 0.6) is 0 Å². The number of halogens is 1. The molecule has 6 heteroatoms. The van der Waals surface area contributed by atoms with Crippen LogP contribution in [0, 0.1) is 5.92 Å². The number of nitrogens with one attached hydrogen (secondary N) is 1. The molecule has 118 valence electrons. The molecule has 4 rings (SSSR count). The molecule has 0 aromatic carbocycles. The van der Waals surface area contributed by atoms with Gasteiger partial charge in [0.05, 0.1) is 6.04 Å². The van der Waals surface area contributed by atoms with E-state index in [1.807, 2.05) is 18.3 Å². The molecule has 2 aromatic heterocycles. The smallest absolute Gasteiger partial charge is 0.243 e. The Hall–Kier alpha value is -1.46. The van der Waals surface area contributed by atoms with Crippen molar-refractivity contribution in [3.63, 3.8) is 0 Å². The predicted molar refractivity (Wildman–Crippen MR) is 84.8 cm³/mol. The van der Waals surface area contributed by atoms with Crippen molar-refractivity contribution < 1.29 is 4.52 Å². The number of hydrogen-bond donors (Lipinski definition) is 1. The number of nitrogens with zero attached hydrogens (tertiary/aromatic N) is 3. The third kappa shape index (κ3) is 3.15. The molecule has 2 aliphatic rings. The molecule has 2 aromatic rings. The summed E-state index contributed by atoms with van der Waals surface area (Å²) in [4.78, 5) is 8.69. The third-order valence-corrected chi connectivity index (χ3v) is 4.73. The topological polar surface area (TPSA) is 63.8 Å². The van der Waals surface area contributed by atoms with Crippen LogP contribution >= 0.6 is 12.4 Å². The zero-order chi connectivity index (χ0) is 14.1. The zero-order valence-corrected chi connectivity index (χ0v) is 13.3. The number of fused-ring (bicyclic) bond motifs is 1. The Labute approximate surface area is 136 Å². The molecular formula is C16H21ClN4O. The van der Waals surface area contributed by atoms with Crippen LogP contribution in [-0.2, 0) is 6.42 Å². The highest BCUT2D eigenvalue weighted by molar-refractivity contribution is 5.85. The summed E-state index contributed by atoms with van der Waals surface area (Å²) in [5.74, 6) is 2.29. The number of rotatable bonds is 3. The van der Waals surface area contributed by atoms with Gasteiger partial charge in [0.1, 0.15) is 0 Å². The Kier molecular flexibility index (Phi) is 4.74. The fraction of sp³-hybridized carbons (Fsp3) is 0.562. The van der Waals surface area contributed by atoms with Crippen LogP contribution in [0.2, 0.25) is 0 Å². The standard InChI is InChI=1S/C16H20N4O.ClH/c1-2-6-13-12(5-1)9-14(18-13)16-19-15(20-21-16)8-11-4-3-7-17-10-11;/h3-4,7,10,12-14,18H,1-2,5-6,8-9H2;1H. The lowest BCUT2D eigenvalue weighted by Gasteiger charge is -2.24. The van der Waals surface area contributed by atoms with Crippen molar-refractivity contribution in [1.82, 2.24) is 20.4 Å². The highest BCUT2D eigenvalue weighted by Crippen LogP contribution is 2.38. The molecule has 22 heavy (non-hydrogen) atoms. The van der Waals surface area contributed by atoms with Gasteiger partial charge in [-0.1, -0.05) is 24.1 Å². The van der Waals surface area contributed by atoms with E-state index >= 15 is 0 Å². The summed E-state index contributed by atoms with van der Waals surface area (Å²) in [6.45, 7) is 0. The fourth-order valence-electron chi connectivity index (χ4n) is 3.68. The van der Waals surface area contributed by atoms with Crippen LogP contribution in [0.3, 0.4) is 0 Å². The number of hydrogen-bond acceptors (Lipinski definition) is 5. The van der Waals surface area contributed by atoms with Gasteiger partial charge in [-0.15, -0.1) is 12.4 Å². The van der Waals surface area contributed by atoms with Crippen molar-refractivity contribution in [2.24, 2.45) is 5.92 Å². The molecule has 0 amide bonds. The maximum atomic E-state index is 5.48. The minimum Gasteiger partial charge on any atom is -0.338 e. The Morgan fingerprint density at radius 1 is 1.27 bits per heavy atom. The lowest BCUT2D eigenvalue weighted by atomic mass is 9.85. The Balaban J connectivity index is 0.00000144. The molecular weight excluding hydrogens is 300 g/mol. The van der Waals surface area contributed by atoms with Crippen molar-refractivity contribution >= 4 is 12.4 Å². The van der Waals surface area contributed by atoms with Crippen molar-refractivity contribution in [2.75, 3.05) is 0 Å². The molecule has 3 unspecified atom stereocenters. The van der Waals surface area contributed by atoms with E-state index in [0.29, 0.717) is 12.5 Å². The summed E-state index contributed by atoms with van der Waals surface area (Å²) in [6.07, 6.45) is 10.8. The highest BCUT2D eigenvalue weighted by atomic mass is 35.5. The number of aromatic nitrogens is 3. The molecule has 1 saturated carbocycles. The van der Waals surface area contributed by atoms with Gasteiger partial charge in [-0.3, -0.25) is 4.98 Å². The van der Waals surface area contributed by atoms with Gasteiger partial charge < -0.3 is 9.84 Å². The van der Waals surface area contributed by atoms with Crippen molar-refractivity contribution in [2.45, 2.75) is 50.6 Å². The van der Waals surface area contributed by atoms with Crippen LogP contribution < -0.4 is 5.32 Å². The van der Waals surface area contributed by atoms with Crippen LogP contribution in [-0.4, -0.2) is 21.2 Å². The number of pyridine rings is 1. The second kappa shape index (κ2) is 6.75. The van der Waals surface area contributed by atoms with Gasteiger partial charge in [0.15, 0.2) is 5.82 Å². The monoisotopic (exact) mass is 320 g/mol. The van der Waals surface area contributed by atoms with E-state index in [9.17, 15) is 0 Å². The van der Waals surface area contributed by atoms with Crippen LogP contribution in [0.15, 0.2) is 29.0 Å². The molecule has 1 saturated heterocycles. The van der Waals surface area contributed by atoms with Gasteiger partial charge in [-0.25, -0.2) is 0 Å². The van der Waals surface area contributed by atoms with Gasteiger partial charge in [0, 0.05) is 24.9 Å². The Morgan fingerprint density at radius 2 is 2.18 bits per heavy atom. The molecule has 1 aliphatic carbocycles. The van der Waals surface area contributed by atoms with Crippen LogP contribution in [0.1, 0.15) is 55.4 Å². The largest absolute Gasteiger partial charge is 0.338 e. The minimum absolute atomic E-state index is 0. The zero-order valence-electron chi connectivity index (χ0n) is 12.4. The van der Waals surface area contributed by atoms with Crippen LogP contribution in [0.4, 0.5) is 0 Å². The second-order valence-corrected chi connectivity index (χ2v) is 6.19. The minimum atomic E-state index is 0. The molecule has 0 bridgehead atoms. The van der Waals surface area contributed by atoms with Crippen LogP contribution in [0.25, 0.3) is 0 Å². The highest BCUT2D eigenvalue weighted by Gasteiger charge is 2.38. The summed E-state index contributed by atoms with van der Waals surface area (Å²) in [5, 5.41) is 7.80. The normalized spacial score (nSPS) is 27.2. The molecule has 5 nitrogen and oxygen atoms in total. The first-order valence-electron chi connectivity index (χ1n) is 7.86. The first-order valence-corrected chi connectivity index (χ1v) is 7.86. The maximum absolute atomic E-state index is 5.48. The van der Waals surface area contributed by atoms with Crippen molar-refractivity contribution in [1.29, 1.82) is 0 Å². The quantitative estimate of drug-likeness (QED) is 0.941. The van der Waals surface area contributed by atoms with Gasteiger partial charge in [0.25, 0.3) is 0 Å². The second-order valence-electron chi connectivity index (χ2n) is 6.19. The average molecular weight is 321 g/mol. The predicted octanol–water partition coefficient (Wildman–Crippen LogP) is 3.07. The molecule has 3 atom stereocenters. The molecule has 2 fully saturated rings. The molecule has 1 N–H and O–H groups in total. The van der Waals surface area contributed by atoms with E-state index in [2.05, 4.69) is 20.4 Å². The SMILES string of the molecule is Cl.c1cncc(Cc2noc(C3CC4CCCCC4N3)n2)c1. The summed E-state index contributed by atoms with van der Waals surface area (Å²) in [7, 11) is 0. The Bertz CT molecular complexity index is 589. The van der Waals surface area contributed by atoms with Gasteiger partial charge >= 0.3 is 0 Å².